The largest absolute Gasteiger partial charge is 0.504 e. The van der Waals surface area contributed by atoms with E-state index in [1.807, 2.05) is 0 Å². The van der Waals surface area contributed by atoms with Crippen LogP contribution in [0.3, 0.4) is 0 Å². The summed E-state index contributed by atoms with van der Waals surface area (Å²) in [4.78, 5) is 68.1. The standard InChI is InChI=1S/C40H29Cl2FN2O7/c1-52-31-18-9-23(19-30(31)46)33-27-16-17-28-32(29(27)20-39(41)37(50)45(38(51)40(33,39)42)26-14-10-24(43)11-15-26)36(49)44(35(28)48)25-12-7-22(8-13-25)34(47)21-5-3-2-4-6-21/h2-16,18-19,28-29,32-33,46H,17,20H2,1H3. The van der Waals surface area contributed by atoms with Crippen LogP contribution in [0.25, 0.3) is 0 Å². The van der Waals surface area contributed by atoms with E-state index in [1.165, 1.54) is 31.4 Å². The number of nitrogens with zero attached hydrogens (tertiary/aromatic N) is 2. The third kappa shape index (κ3) is 4.70. The Balaban J connectivity index is 1.21. The first-order valence-electron chi connectivity index (χ1n) is 16.6. The summed E-state index contributed by atoms with van der Waals surface area (Å²) in [5.41, 5.74) is 2.09. The normalized spacial score (nSPS) is 28.0. The van der Waals surface area contributed by atoms with E-state index in [0.29, 0.717) is 22.3 Å². The van der Waals surface area contributed by atoms with Gasteiger partial charge in [-0.25, -0.2) is 9.29 Å². The number of carbonyl (C=O) groups excluding carboxylic acids is 5. The average molecular weight is 740 g/mol. The number of halogens is 3. The summed E-state index contributed by atoms with van der Waals surface area (Å²) in [6.07, 6.45) is 1.66. The number of alkyl halides is 2. The molecule has 2 heterocycles. The lowest BCUT2D eigenvalue weighted by Gasteiger charge is -2.50. The molecule has 2 aliphatic heterocycles. The zero-order chi connectivity index (χ0) is 36.7. The molecule has 6 atom stereocenters. The monoisotopic (exact) mass is 738 g/mol. The first-order chi connectivity index (χ1) is 24.9. The topological polar surface area (TPSA) is 121 Å². The molecule has 9 nitrogen and oxygen atoms in total. The lowest BCUT2D eigenvalue weighted by molar-refractivity contribution is -0.125. The zero-order valence-corrected chi connectivity index (χ0v) is 29.0. The molecule has 52 heavy (non-hydrogen) atoms. The Morgan fingerprint density at radius 3 is 2.10 bits per heavy atom. The van der Waals surface area contributed by atoms with E-state index in [4.69, 9.17) is 27.9 Å². The number of benzene rings is 4. The highest BCUT2D eigenvalue weighted by atomic mass is 35.5. The summed E-state index contributed by atoms with van der Waals surface area (Å²) < 4.78 is 19.1. The molecule has 4 aliphatic rings. The molecule has 1 N–H and O–H groups in total. The van der Waals surface area contributed by atoms with E-state index in [9.17, 15) is 33.5 Å². The first-order valence-corrected chi connectivity index (χ1v) is 17.3. The van der Waals surface area contributed by atoms with Crippen LogP contribution in [-0.4, -0.2) is 51.4 Å². The summed E-state index contributed by atoms with van der Waals surface area (Å²) in [5.74, 6) is -7.27. The molecule has 4 aromatic carbocycles. The second-order valence-electron chi connectivity index (χ2n) is 13.4. The quantitative estimate of drug-likeness (QED) is 0.103. The molecule has 0 radical (unpaired) electrons. The van der Waals surface area contributed by atoms with Crippen LogP contribution in [0.5, 0.6) is 11.5 Å². The molecule has 6 unspecified atom stereocenters. The number of ether oxygens (including phenoxy) is 1. The molecule has 8 rings (SSSR count). The third-order valence-electron chi connectivity index (χ3n) is 10.9. The summed E-state index contributed by atoms with van der Waals surface area (Å²) >= 11 is 14.8. The summed E-state index contributed by atoms with van der Waals surface area (Å²) in [6, 6.07) is 24.2. The molecule has 3 fully saturated rings. The Labute approximate surface area is 307 Å². The number of hydrogen-bond donors (Lipinski definition) is 1. The smallest absolute Gasteiger partial charge is 0.258 e. The van der Waals surface area contributed by atoms with Gasteiger partial charge in [0.25, 0.3) is 11.8 Å². The van der Waals surface area contributed by atoms with Gasteiger partial charge in [-0.2, -0.15) is 0 Å². The van der Waals surface area contributed by atoms with Gasteiger partial charge < -0.3 is 9.84 Å². The molecule has 0 spiro atoms. The number of allylic oxidation sites excluding steroid dienone is 2. The molecule has 4 amide bonds. The number of imide groups is 2. The van der Waals surface area contributed by atoms with Crippen molar-refractivity contribution in [1.29, 1.82) is 0 Å². The highest BCUT2D eigenvalue weighted by molar-refractivity contribution is 6.58. The minimum atomic E-state index is -2.15. The van der Waals surface area contributed by atoms with Crippen molar-refractivity contribution in [2.24, 2.45) is 17.8 Å². The molecular weight excluding hydrogens is 710 g/mol. The van der Waals surface area contributed by atoms with Crippen LogP contribution in [0, 0.1) is 23.6 Å². The summed E-state index contributed by atoms with van der Waals surface area (Å²) in [5, 5.41) is 10.8. The van der Waals surface area contributed by atoms with E-state index in [0.717, 1.165) is 21.9 Å². The average Bonchev–Trinajstić information content (AvgIpc) is 3.49. The molecule has 262 valence electrons. The van der Waals surface area contributed by atoms with Gasteiger partial charge in [0.2, 0.25) is 11.8 Å². The molecule has 2 saturated heterocycles. The predicted molar refractivity (Wildman–Crippen MR) is 190 cm³/mol. The summed E-state index contributed by atoms with van der Waals surface area (Å²) in [7, 11) is 1.38. The molecule has 2 aliphatic carbocycles. The van der Waals surface area contributed by atoms with Crippen molar-refractivity contribution in [3.05, 3.63) is 131 Å². The lowest BCUT2D eigenvalue weighted by atomic mass is 9.56. The SMILES string of the molecule is COc1ccc(C2C3=CCC4C(=O)N(c5ccc(C(=O)c6ccccc6)cc5)C(=O)C4C3CC3(Cl)C(=O)N(c4ccc(F)cc4)C(=O)C23Cl)cc1O. The number of anilines is 2. The number of methoxy groups -OCH3 is 1. The van der Waals surface area contributed by atoms with Crippen LogP contribution < -0.4 is 14.5 Å². The van der Waals surface area contributed by atoms with Gasteiger partial charge in [-0.05, 0) is 85.0 Å². The van der Waals surface area contributed by atoms with Crippen molar-refractivity contribution in [1.82, 2.24) is 0 Å². The van der Waals surface area contributed by atoms with Crippen LogP contribution in [0.4, 0.5) is 15.8 Å². The Kier molecular flexibility index (Phi) is 7.89. The van der Waals surface area contributed by atoms with E-state index in [-0.39, 0.29) is 41.5 Å². The van der Waals surface area contributed by atoms with E-state index in [2.05, 4.69) is 0 Å². The van der Waals surface area contributed by atoms with Gasteiger partial charge >= 0.3 is 0 Å². The number of amides is 4. The van der Waals surface area contributed by atoms with Gasteiger partial charge in [0, 0.05) is 17.0 Å². The number of aromatic hydroxyl groups is 1. The van der Waals surface area contributed by atoms with Crippen LogP contribution >= 0.6 is 23.2 Å². The van der Waals surface area contributed by atoms with Crippen LogP contribution in [0.1, 0.15) is 40.2 Å². The van der Waals surface area contributed by atoms with Crippen molar-refractivity contribution in [2.45, 2.75) is 28.5 Å². The second-order valence-corrected chi connectivity index (χ2v) is 14.7. The predicted octanol–water partition coefficient (Wildman–Crippen LogP) is 6.54. The van der Waals surface area contributed by atoms with Gasteiger partial charge in [-0.1, -0.05) is 48.0 Å². The second kappa shape index (κ2) is 12.1. The Bertz CT molecular complexity index is 2230. The van der Waals surface area contributed by atoms with E-state index in [1.54, 1.807) is 66.7 Å². The lowest BCUT2D eigenvalue weighted by Crippen LogP contribution is -2.60. The van der Waals surface area contributed by atoms with E-state index < -0.39 is 62.9 Å². The van der Waals surface area contributed by atoms with Crippen molar-refractivity contribution >= 4 is 64.0 Å². The third-order valence-corrected chi connectivity index (χ3v) is 12.3. The van der Waals surface area contributed by atoms with Crippen LogP contribution in [0.15, 0.2) is 109 Å². The molecule has 0 bridgehead atoms. The van der Waals surface area contributed by atoms with Gasteiger partial charge in [-0.3, -0.25) is 28.9 Å². The molecule has 0 aromatic heterocycles. The fourth-order valence-electron chi connectivity index (χ4n) is 8.43. The van der Waals surface area contributed by atoms with Gasteiger partial charge in [0.15, 0.2) is 27.0 Å². The zero-order valence-electron chi connectivity index (χ0n) is 27.5. The number of fused-ring (bicyclic) bond motifs is 4. The van der Waals surface area contributed by atoms with Crippen LogP contribution in [-0.2, 0) is 19.2 Å². The number of hydrogen-bond acceptors (Lipinski definition) is 7. The fourth-order valence-corrected chi connectivity index (χ4v) is 9.37. The molecular formula is C40H29Cl2FN2O7. The molecule has 1 saturated carbocycles. The van der Waals surface area contributed by atoms with Crippen molar-refractivity contribution in [3.63, 3.8) is 0 Å². The van der Waals surface area contributed by atoms with Gasteiger partial charge in [0.05, 0.1) is 30.3 Å². The van der Waals surface area contributed by atoms with Gasteiger partial charge in [-0.15, -0.1) is 23.2 Å². The minimum Gasteiger partial charge on any atom is -0.504 e. The van der Waals surface area contributed by atoms with Crippen molar-refractivity contribution in [2.75, 3.05) is 16.9 Å². The minimum absolute atomic E-state index is 0.0597. The first kappa shape index (κ1) is 33.8. The highest BCUT2D eigenvalue weighted by Gasteiger charge is 2.76. The maximum Gasteiger partial charge on any atom is 0.258 e. The Hall–Kier alpha value is -5.32. The maximum absolute atomic E-state index is 14.5. The molecule has 4 aromatic rings. The number of carbonyl (C=O) groups is 5. The fraction of sp³-hybridized carbons (Fsp3) is 0.225. The maximum atomic E-state index is 14.5. The Morgan fingerprint density at radius 1 is 0.808 bits per heavy atom. The highest BCUT2D eigenvalue weighted by Crippen LogP contribution is 2.66. The number of rotatable bonds is 6. The van der Waals surface area contributed by atoms with E-state index >= 15 is 0 Å². The Morgan fingerprint density at radius 2 is 1.44 bits per heavy atom. The summed E-state index contributed by atoms with van der Waals surface area (Å²) in [6.45, 7) is 0. The number of phenolic OH excluding ortho intramolecular Hbond substituents is 1. The number of phenols is 1. The van der Waals surface area contributed by atoms with Gasteiger partial charge in [0.1, 0.15) is 5.82 Å². The van der Waals surface area contributed by atoms with Crippen molar-refractivity contribution in [3.8, 4) is 11.5 Å². The van der Waals surface area contributed by atoms with Crippen LogP contribution in [0.2, 0.25) is 0 Å². The number of ketones is 1. The van der Waals surface area contributed by atoms with Crippen molar-refractivity contribution < 1.29 is 38.2 Å². The molecule has 12 heteroatoms.